The standard InChI is InChI=1S/C7H6BrClF2N2/c8-2-3-1-4(6(10)11)5(9)7(12)13-3/h1,6H,2H2,(H2,12,13). The molecule has 72 valence electrons. The molecule has 0 aromatic carbocycles. The van der Waals surface area contributed by atoms with Crippen molar-refractivity contribution >= 4 is 33.3 Å². The molecule has 2 N–H and O–H groups in total. The first-order valence-electron chi connectivity index (χ1n) is 3.35. The molecule has 0 atom stereocenters. The molecule has 6 heteroatoms. The molecule has 1 heterocycles. The minimum Gasteiger partial charge on any atom is -0.382 e. The first-order chi connectivity index (χ1) is 6.06. The number of alkyl halides is 3. The summed E-state index contributed by atoms with van der Waals surface area (Å²) in [7, 11) is 0. The molecule has 0 bridgehead atoms. The highest BCUT2D eigenvalue weighted by Crippen LogP contribution is 2.31. The summed E-state index contributed by atoms with van der Waals surface area (Å²) >= 11 is 8.63. The Bertz CT molecular complexity index is 320. The Hall–Kier alpha value is -0.420. The van der Waals surface area contributed by atoms with Crippen molar-refractivity contribution in [3.05, 3.63) is 22.3 Å². The third-order valence-corrected chi connectivity index (χ3v) is 2.42. The molecule has 0 saturated carbocycles. The van der Waals surface area contributed by atoms with E-state index in [0.717, 1.165) is 0 Å². The quantitative estimate of drug-likeness (QED) is 0.839. The molecule has 0 saturated heterocycles. The lowest BCUT2D eigenvalue weighted by Gasteiger charge is -2.06. The van der Waals surface area contributed by atoms with E-state index in [-0.39, 0.29) is 16.4 Å². The van der Waals surface area contributed by atoms with Crippen LogP contribution in [0.15, 0.2) is 6.07 Å². The van der Waals surface area contributed by atoms with E-state index in [2.05, 4.69) is 20.9 Å². The lowest BCUT2D eigenvalue weighted by Crippen LogP contribution is -1.99. The van der Waals surface area contributed by atoms with Gasteiger partial charge in [-0.3, -0.25) is 0 Å². The Morgan fingerprint density at radius 1 is 1.62 bits per heavy atom. The number of nitrogens with zero attached hydrogens (tertiary/aromatic N) is 1. The summed E-state index contributed by atoms with van der Waals surface area (Å²) in [6, 6.07) is 1.23. The summed E-state index contributed by atoms with van der Waals surface area (Å²) in [6.45, 7) is 0. The molecule has 0 aliphatic heterocycles. The molecule has 0 fully saturated rings. The fraction of sp³-hybridized carbons (Fsp3) is 0.286. The Morgan fingerprint density at radius 3 is 2.69 bits per heavy atom. The van der Waals surface area contributed by atoms with Crippen molar-refractivity contribution < 1.29 is 8.78 Å². The first kappa shape index (κ1) is 10.7. The van der Waals surface area contributed by atoms with Gasteiger partial charge in [0.05, 0.1) is 10.7 Å². The van der Waals surface area contributed by atoms with Crippen LogP contribution in [0.1, 0.15) is 17.7 Å². The van der Waals surface area contributed by atoms with Crippen molar-refractivity contribution in [3.63, 3.8) is 0 Å². The van der Waals surface area contributed by atoms with Crippen LogP contribution in [-0.2, 0) is 5.33 Å². The monoisotopic (exact) mass is 270 g/mol. The Morgan fingerprint density at radius 2 is 2.23 bits per heavy atom. The summed E-state index contributed by atoms with van der Waals surface area (Å²) in [5.41, 5.74) is 5.51. The Labute approximate surface area is 87.2 Å². The van der Waals surface area contributed by atoms with Crippen molar-refractivity contribution in [1.82, 2.24) is 4.98 Å². The van der Waals surface area contributed by atoms with Gasteiger partial charge in [-0.1, -0.05) is 27.5 Å². The fourth-order valence-electron chi connectivity index (χ4n) is 0.854. The number of nitrogens with two attached hydrogens (primary N) is 1. The second kappa shape index (κ2) is 4.19. The van der Waals surface area contributed by atoms with Crippen LogP contribution in [-0.4, -0.2) is 4.98 Å². The number of hydrogen-bond donors (Lipinski definition) is 1. The maximum atomic E-state index is 12.3. The van der Waals surface area contributed by atoms with Crippen molar-refractivity contribution in [2.45, 2.75) is 11.8 Å². The van der Waals surface area contributed by atoms with Gasteiger partial charge in [0.25, 0.3) is 6.43 Å². The molecule has 13 heavy (non-hydrogen) atoms. The van der Waals surface area contributed by atoms with Gasteiger partial charge in [-0.25, -0.2) is 13.8 Å². The average Bonchev–Trinajstić information content (AvgIpc) is 2.09. The van der Waals surface area contributed by atoms with Crippen LogP contribution in [0.5, 0.6) is 0 Å². The number of aromatic nitrogens is 1. The molecule has 0 aliphatic rings. The highest BCUT2D eigenvalue weighted by molar-refractivity contribution is 9.08. The molecule has 0 unspecified atom stereocenters. The number of halogens is 4. The second-order valence-electron chi connectivity index (χ2n) is 2.34. The zero-order valence-electron chi connectivity index (χ0n) is 6.40. The number of anilines is 1. The molecule has 1 aromatic rings. The van der Waals surface area contributed by atoms with Crippen molar-refractivity contribution in [3.8, 4) is 0 Å². The molecule has 0 amide bonds. The summed E-state index contributed by atoms with van der Waals surface area (Å²) < 4.78 is 24.7. The summed E-state index contributed by atoms with van der Waals surface area (Å²) in [4.78, 5) is 3.80. The van der Waals surface area contributed by atoms with Gasteiger partial charge < -0.3 is 5.73 Å². The van der Waals surface area contributed by atoms with Crippen molar-refractivity contribution in [1.29, 1.82) is 0 Å². The largest absolute Gasteiger partial charge is 0.382 e. The summed E-state index contributed by atoms with van der Waals surface area (Å²) in [6.07, 6.45) is -2.63. The van der Waals surface area contributed by atoms with E-state index >= 15 is 0 Å². The van der Waals surface area contributed by atoms with Gasteiger partial charge in [0, 0.05) is 10.9 Å². The van der Waals surface area contributed by atoms with E-state index in [1.807, 2.05) is 0 Å². The molecule has 1 rings (SSSR count). The zero-order chi connectivity index (χ0) is 10.0. The van der Waals surface area contributed by atoms with Gasteiger partial charge in [0.1, 0.15) is 5.82 Å². The molecule has 0 spiro atoms. The van der Waals surface area contributed by atoms with Crippen LogP contribution in [0, 0.1) is 0 Å². The minimum absolute atomic E-state index is 0.0612. The van der Waals surface area contributed by atoms with E-state index in [0.29, 0.717) is 11.0 Å². The third kappa shape index (κ3) is 2.28. The lowest BCUT2D eigenvalue weighted by atomic mass is 10.2. The molecule has 1 aromatic heterocycles. The van der Waals surface area contributed by atoms with Gasteiger partial charge in [-0.05, 0) is 6.07 Å². The predicted molar refractivity (Wildman–Crippen MR) is 51.2 cm³/mol. The third-order valence-electron chi connectivity index (χ3n) is 1.44. The van der Waals surface area contributed by atoms with Gasteiger partial charge in [0.15, 0.2) is 0 Å². The average molecular weight is 271 g/mol. The summed E-state index contributed by atoms with van der Waals surface area (Å²) in [5.74, 6) is -0.0612. The van der Waals surface area contributed by atoms with E-state index < -0.39 is 6.43 Å². The Balaban J connectivity index is 3.25. The molecular weight excluding hydrogens is 265 g/mol. The van der Waals surface area contributed by atoms with Crippen LogP contribution in [0.2, 0.25) is 5.02 Å². The highest BCUT2D eigenvalue weighted by Gasteiger charge is 2.16. The van der Waals surface area contributed by atoms with Crippen LogP contribution >= 0.6 is 27.5 Å². The van der Waals surface area contributed by atoms with Gasteiger partial charge in [-0.15, -0.1) is 0 Å². The minimum atomic E-state index is -2.63. The maximum Gasteiger partial charge on any atom is 0.265 e. The zero-order valence-corrected chi connectivity index (χ0v) is 8.74. The van der Waals surface area contributed by atoms with Gasteiger partial charge in [-0.2, -0.15) is 0 Å². The molecule has 0 radical (unpaired) electrons. The van der Waals surface area contributed by atoms with E-state index in [1.54, 1.807) is 0 Å². The first-order valence-corrected chi connectivity index (χ1v) is 4.85. The fourth-order valence-corrected chi connectivity index (χ4v) is 1.32. The van der Waals surface area contributed by atoms with Crippen LogP contribution in [0.4, 0.5) is 14.6 Å². The van der Waals surface area contributed by atoms with Gasteiger partial charge in [0.2, 0.25) is 0 Å². The number of nitrogen functional groups attached to an aromatic ring is 1. The normalized spacial score (nSPS) is 10.8. The second-order valence-corrected chi connectivity index (χ2v) is 3.28. The van der Waals surface area contributed by atoms with Crippen LogP contribution in [0.25, 0.3) is 0 Å². The molecule has 0 aliphatic carbocycles. The lowest BCUT2D eigenvalue weighted by molar-refractivity contribution is 0.151. The topological polar surface area (TPSA) is 38.9 Å². The molecule has 2 nitrogen and oxygen atoms in total. The smallest absolute Gasteiger partial charge is 0.265 e. The maximum absolute atomic E-state index is 12.3. The number of pyridine rings is 1. The number of rotatable bonds is 2. The van der Waals surface area contributed by atoms with Crippen molar-refractivity contribution in [2.75, 3.05) is 5.73 Å². The molecular formula is C7H6BrClF2N2. The summed E-state index contributed by atoms with van der Waals surface area (Å²) in [5, 5.41) is 0.202. The van der Waals surface area contributed by atoms with Gasteiger partial charge >= 0.3 is 0 Å². The predicted octanol–water partition coefficient (Wildman–Crippen LogP) is 3.15. The SMILES string of the molecule is Nc1nc(CBr)cc(C(F)F)c1Cl. The van der Waals surface area contributed by atoms with Crippen molar-refractivity contribution in [2.24, 2.45) is 0 Å². The number of hydrogen-bond acceptors (Lipinski definition) is 2. The van der Waals surface area contributed by atoms with E-state index in [9.17, 15) is 8.78 Å². The van der Waals surface area contributed by atoms with E-state index in [1.165, 1.54) is 6.07 Å². The van der Waals surface area contributed by atoms with Crippen LogP contribution < -0.4 is 5.73 Å². The van der Waals surface area contributed by atoms with Crippen LogP contribution in [0.3, 0.4) is 0 Å². The highest BCUT2D eigenvalue weighted by atomic mass is 79.9. The Kier molecular flexibility index (Phi) is 3.44. The van der Waals surface area contributed by atoms with E-state index in [4.69, 9.17) is 17.3 Å².